The summed E-state index contributed by atoms with van der Waals surface area (Å²) in [6, 6.07) is 24.0. The van der Waals surface area contributed by atoms with Gasteiger partial charge in [-0.15, -0.1) is 0 Å². The quantitative estimate of drug-likeness (QED) is 0.202. The van der Waals surface area contributed by atoms with Crippen molar-refractivity contribution >= 4 is 11.9 Å². The van der Waals surface area contributed by atoms with E-state index in [1.807, 2.05) is 59.5 Å². The molecule has 0 spiro atoms. The maximum atomic E-state index is 13.3. The van der Waals surface area contributed by atoms with Crippen LogP contribution in [0, 0.1) is 0 Å². The fraction of sp³-hybridized carbons (Fsp3) is 0.312. The number of esters is 1. The molecule has 2 fully saturated rings. The zero-order chi connectivity index (χ0) is 28.8. The van der Waals surface area contributed by atoms with Gasteiger partial charge >= 0.3 is 5.97 Å². The normalized spacial score (nSPS) is 20.2. The highest BCUT2D eigenvalue weighted by atomic mass is 16.5. The first-order valence-electron chi connectivity index (χ1n) is 13.6. The van der Waals surface area contributed by atoms with Crippen LogP contribution in [0.4, 0.5) is 0 Å². The standard InChI is InChI=1S/C32H34N2O7/c1-4-39-32(36)27(33-31(35)23-8-6-5-7-9-23)28-30(41-20-22-12-16-25(38-3)17-13-22)29(26-18-34(26)28)40-19-21-10-14-24(37-2)15-11-21/h5-17,26,29-30H,4,18-20H2,1-3H3,(H,33,35)/b28-27+/t26-,29+,30+,34?/m0/s1. The molecule has 2 heterocycles. The molecule has 41 heavy (non-hydrogen) atoms. The Bertz CT molecular complexity index is 1370. The molecule has 5 rings (SSSR count). The fourth-order valence-corrected chi connectivity index (χ4v) is 4.91. The zero-order valence-electron chi connectivity index (χ0n) is 23.4. The van der Waals surface area contributed by atoms with Crippen LogP contribution in [-0.4, -0.2) is 62.4 Å². The van der Waals surface area contributed by atoms with Gasteiger partial charge in [0.2, 0.25) is 0 Å². The predicted octanol–water partition coefficient (Wildman–Crippen LogP) is 4.08. The number of piperidine rings is 1. The third-order valence-corrected chi connectivity index (χ3v) is 7.11. The van der Waals surface area contributed by atoms with Crippen LogP contribution < -0.4 is 14.8 Å². The van der Waals surface area contributed by atoms with E-state index in [1.165, 1.54) is 0 Å². The van der Waals surface area contributed by atoms with Crippen molar-refractivity contribution in [1.29, 1.82) is 0 Å². The summed E-state index contributed by atoms with van der Waals surface area (Å²) in [5, 5.41) is 2.83. The highest BCUT2D eigenvalue weighted by Crippen LogP contribution is 2.44. The fourth-order valence-electron chi connectivity index (χ4n) is 4.91. The molecule has 0 aliphatic carbocycles. The van der Waals surface area contributed by atoms with Crippen molar-refractivity contribution in [3.63, 3.8) is 0 Å². The molecule has 214 valence electrons. The van der Waals surface area contributed by atoms with Gasteiger partial charge in [-0.05, 0) is 54.4 Å². The van der Waals surface area contributed by atoms with Crippen molar-refractivity contribution in [2.75, 3.05) is 27.4 Å². The Morgan fingerprint density at radius 1 is 0.829 bits per heavy atom. The minimum absolute atomic E-state index is 0.00201. The first-order chi connectivity index (χ1) is 20.0. The van der Waals surface area contributed by atoms with E-state index in [-0.39, 0.29) is 31.1 Å². The van der Waals surface area contributed by atoms with E-state index in [0.29, 0.717) is 24.4 Å². The molecule has 0 radical (unpaired) electrons. The summed E-state index contributed by atoms with van der Waals surface area (Å²) in [5.74, 6) is 0.487. The largest absolute Gasteiger partial charge is 0.497 e. The summed E-state index contributed by atoms with van der Waals surface area (Å²) in [6.07, 6.45) is -0.993. The van der Waals surface area contributed by atoms with Crippen molar-refractivity contribution in [2.45, 2.75) is 38.4 Å². The minimum Gasteiger partial charge on any atom is -0.497 e. The zero-order valence-corrected chi connectivity index (χ0v) is 23.4. The van der Waals surface area contributed by atoms with Gasteiger partial charge in [0.1, 0.15) is 29.4 Å². The lowest BCUT2D eigenvalue weighted by Gasteiger charge is -2.25. The Morgan fingerprint density at radius 2 is 1.41 bits per heavy atom. The molecule has 2 aliphatic rings. The second-order valence-electron chi connectivity index (χ2n) is 9.72. The topological polar surface area (TPSA) is 95.3 Å². The number of nitrogens with zero attached hydrogens (tertiary/aromatic N) is 1. The van der Waals surface area contributed by atoms with Crippen LogP contribution in [0.25, 0.3) is 0 Å². The second kappa shape index (κ2) is 12.9. The van der Waals surface area contributed by atoms with Crippen LogP contribution in [0.15, 0.2) is 90.3 Å². The number of hydrogen-bond donors (Lipinski definition) is 1. The number of fused-ring (bicyclic) bond motifs is 1. The van der Waals surface area contributed by atoms with E-state index < -0.39 is 18.0 Å². The molecule has 0 saturated carbocycles. The molecule has 9 nitrogen and oxygen atoms in total. The van der Waals surface area contributed by atoms with E-state index in [1.54, 1.807) is 45.4 Å². The molecule has 3 aromatic rings. The van der Waals surface area contributed by atoms with E-state index in [4.69, 9.17) is 23.7 Å². The number of carbonyl (C=O) groups excluding carboxylic acids is 2. The van der Waals surface area contributed by atoms with Gasteiger partial charge in [0.25, 0.3) is 5.91 Å². The van der Waals surface area contributed by atoms with Crippen LogP contribution in [-0.2, 0) is 32.2 Å². The maximum Gasteiger partial charge on any atom is 0.356 e. The summed E-state index contributed by atoms with van der Waals surface area (Å²) in [4.78, 5) is 28.5. The minimum atomic E-state index is -0.621. The Balaban J connectivity index is 1.44. The number of benzene rings is 3. The van der Waals surface area contributed by atoms with Gasteiger partial charge in [-0.3, -0.25) is 4.79 Å². The van der Waals surface area contributed by atoms with Gasteiger partial charge in [-0.2, -0.15) is 0 Å². The van der Waals surface area contributed by atoms with Crippen molar-refractivity contribution in [1.82, 2.24) is 10.2 Å². The lowest BCUT2D eigenvalue weighted by Crippen LogP contribution is -2.38. The lowest BCUT2D eigenvalue weighted by atomic mass is 10.1. The van der Waals surface area contributed by atoms with Crippen LogP contribution >= 0.6 is 0 Å². The van der Waals surface area contributed by atoms with Gasteiger partial charge in [0.15, 0.2) is 0 Å². The first kappa shape index (κ1) is 28.2. The first-order valence-corrected chi connectivity index (χ1v) is 13.6. The van der Waals surface area contributed by atoms with E-state index in [0.717, 1.165) is 22.6 Å². The van der Waals surface area contributed by atoms with Crippen molar-refractivity contribution in [3.8, 4) is 11.5 Å². The maximum absolute atomic E-state index is 13.3. The van der Waals surface area contributed by atoms with Gasteiger partial charge in [0.05, 0.1) is 45.8 Å². The molecule has 9 heteroatoms. The van der Waals surface area contributed by atoms with Crippen LogP contribution in [0.2, 0.25) is 0 Å². The molecule has 2 aliphatic heterocycles. The smallest absolute Gasteiger partial charge is 0.356 e. The Kier molecular flexibility index (Phi) is 8.86. The van der Waals surface area contributed by atoms with Gasteiger partial charge < -0.3 is 33.9 Å². The predicted molar refractivity (Wildman–Crippen MR) is 151 cm³/mol. The Hall–Kier alpha value is -4.34. The molecule has 0 bridgehead atoms. The monoisotopic (exact) mass is 558 g/mol. The van der Waals surface area contributed by atoms with E-state index >= 15 is 0 Å². The average molecular weight is 559 g/mol. The average Bonchev–Trinajstić information content (AvgIpc) is 3.74. The molecule has 1 N–H and O–H groups in total. The molecular formula is C32H34N2O7. The summed E-state index contributed by atoms with van der Waals surface area (Å²) in [7, 11) is 3.25. The van der Waals surface area contributed by atoms with Gasteiger partial charge in [-0.1, -0.05) is 42.5 Å². The van der Waals surface area contributed by atoms with Crippen molar-refractivity contribution in [2.24, 2.45) is 0 Å². The SMILES string of the molecule is CCOC(=O)/C(NC(=O)c1ccccc1)=C1/[C@@H](OCc2ccc(OC)cc2)[C@H](OCc2ccc(OC)cc2)[C@@H]2CN12. The number of hydrogen-bond acceptors (Lipinski definition) is 8. The summed E-state index contributed by atoms with van der Waals surface area (Å²) < 4.78 is 28.8. The highest BCUT2D eigenvalue weighted by molar-refractivity contribution is 6.01. The number of amides is 1. The van der Waals surface area contributed by atoms with Gasteiger partial charge in [0, 0.05) is 12.1 Å². The number of ether oxygens (including phenoxy) is 5. The highest BCUT2D eigenvalue weighted by Gasteiger charge is 2.58. The Labute approximate surface area is 239 Å². The van der Waals surface area contributed by atoms with Crippen LogP contribution in [0.1, 0.15) is 28.4 Å². The van der Waals surface area contributed by atoms with E-state index in [9.17, 15) is 9.59 Å². The lowest BCUT2D eigenvalue weighted by molar-refractivity contribution is -0.139. The summed E-state index contributed by atoms with van der Waals surface area (Å²) in [5.41, 5.74) is 2.97. The van der Waals surface area contributed by atoms with Crippen LogP contribution in [0.3, 0.4) is 0 Å². The molecule has 0 aromatic heterocycles. The Morgan fingerprint density at radius 3 is 1.98 bits per heavy atom. The number of methoxy groups -OCH3 is 2. The molecular weight excluding hydrogens is 524 g/mol. The number of carbonyl (C=O) groups is 2. The van der Waals surface area contributed by atoms with Crippen molar-refractivity contribution < 1.29 is 33.3 Å². The van der Waals surface area contributed by atoms with Gasteiger partial charge in [-0.25, -0.2) is 4.79 Å². The summed E-state index contributed by atoms with van der Waals surface area (Å²) in [6.45, 7) is 3.18. The number of rotatable bonds is 12. The molecule has 3 atom stereocenters. The van der Waals surface area contributed by atoms with Crippen molar-refractivity contribution in [3.05, 3.63) is 107 Å². The molecule has 3 aromatic carbocycles. The summed E-state index contributed by atoms with van der Waals surface area (Å²) >= 11 is 0. The van der Waals surface area contributed by atoms with E-state index in [2.05, 4.69) is 5.32 Å². The molecule has 0 unspecified atom stereocenters. The third kappa shape index (κ3) is 6.53. The molecule has 1 amide bonds. The van der Waals surface area contributed by atoms with Crippen LogP contribution in [0.5, 0.6) is 11.5 Å². The second-order valence-corrected chi connectivity index (χ2v) is 9.72. The molecule has 2 saturated heterocycles. The number of nitrogens with one attached hydrogen (secondary N) is 1. The third-order valence-electron chi connectivity index (χ3n) is 7.11.